The third-order valence-electron chi connectivity index (χ3n) is 13.1. The van der Waals surface area contributed by atoms with Crippen LogP contribution in [0.2, 0.25) is 0 Å². The average molecular weight is 801 g/mol. The second kappa shape index (κ2) is 13.1. The number of piperazine rings is 1. The highest BCUT2D eigenvalue weighted by Crippen LogP contribution is 2.64. The number of carbonyl (C=O) groups is 2. The van der Waals surface area contributed by atoms with E-state index in [0.29, 0.717) is 63.8 Å². The molecule has 0 saturated carbocycles. The zero-order chi connectivity index (χ0) is 39.8. The number of aromatic amines is 1. The van der Waals surface area contributed by atoms with Crippen molar-refractivity contribution in [1.82, 2.24) is 20.1 Å². The standard InChI is InChI=1S/C42H45FN4O9S/c1-17-9-21-11-26-41(51)47-27-13-53-14-28(49)42(40-24(10-18(2)45-42)23-12-22(43)7-8-25(23)44-40)15-57-39(33(47)32(46(26)5)29(21)34(50)35(17)52-6)31-30(27)38-37(54-16-55-38)19(3)36(31)56-20(4)48/h7-9,12,18,26-27,32-33,39,41,44-45,50-51H,10-11,13-16H2,1-6H3/t18?,26-,27+,32+,33?,39-,41+,42+/m1/s1. The van der Waals surface area contributed by atoms with Gasteiger partial charge in [-0.3, -0.25) is 24.7 Å². The minimum atomic E-state index is -1.30. The van der Waals surface area contributed by atoms with Gasteiger partial charge in [-0.25, -0.2) is 4.39 Å². The van der Waals surface area contributed by atoms with Crippen LogP contribution in [0.3, 0.4) is 0 Å². The number of nitrogens with one attached hydrogen (secondary N) is 2. The number of benzene rings is 3. The number of thioether (sulfide) groups is 1. The number of esters is 1. The number of hydrogen-bond donors (Lipinski definition) is 4. The molecule has 1 spiro atoms. The van der Waals surface area contributed by atoms with Crippen LogP contribution in [-0.2, 0) is 32.7 Å². The van der Waals surface area contributed by atoms with Crippen LogP contribution in [0.25, 0.3) is 10.9 Å². The SMILES string of the molecule is COc1c(C)cc2c(c1O)[C@H]1C3[C@@H]4SC[C@]5(NC(C)Cc6c5[nH]c5ccc(F)cc65)C(=O)COC[C@@H](c5c6c(c(C)c(OC(C)=O)c54)OCO6)N3[C@@H](O)[C@@H](C2)N1C. The molecule has 11 rings (SSSR count). The fraction of sp³-hybridized carbons (Fsp3) is 0.476. The molecule has 7 aliphatic heterocycles. The summed E-state index contributed by atoms with van der Waals surface area (Å²) in [5.74, 6) is 0.782. The number of aromatic nitrogens is 1. The molecule has 300 valence electrons. The minimum absolute atomic E-state index is 0.0301. The van der Waals surface area contributed by atoms with Gasteiger partial charge in [-0.05, 0) is 75.5 Å². The molecule has 2 unspecified atom stereocenters. The van der Waals surface area contributed by atoms with Gasteiger partial charge in [-0.15, -0.1) is 11.8 Å². The highest BCUT2D eigenvalue weighted by Gasteiger charge is 2.61. The van der Waals surface area contributed by atoms with Crippen molar-refractivity contribution >= 4 is 34.4 Å². The fourth-order valence-corrected chi connectivity index (χ4v) is 12.6. The van der Waals surface area contributed by atoms with Crippen LogP contribution >= 0.6 is 11.8 Å². The third-order valence-corrected chi connectivity index (χ3v) is 14.6. The Bertz CT molecular complexity index is 2400. The Hall–Kier alpha value is -4.38. The zero-order valence-electron chi connectivity index (χ0n) is 32.5. The minimum Gasteiger partial charge on any atom is -0.504 e. The number of halogens is 1. The number of aliphatic hydroxyl groups is 1. The van der Waals surface area contributed by atoms with Gasteiger partial charge < -0.3 is 38.9 Å². The fourth-order valence-electron chi connectivity index (χ4n) is 10.9. The molecule has 15 heteroatoms. The lowest BCUT2D eigenvalue weighted by atomic mass is 9.73. The Labute approximate surface area is 332 Å². The first-order chi connectivity index (χ1) is 27.3. The molecule has 2 saturated heterocycles. The van der Waals surface area contributed by atoms with Crippen LogP contribution in [0.5, 0.6) is 28.7 Å². The van der Waals surface area contributed by atoms with Crippen molar-refractivity contribution in [1.29, 1.82) is 0 Å². The number of methoxy groups -OCH3 is 1. The number of nitrogens with zero attached hydrogens (tertiary/aromatic N) is 2. The molecule has 0 aliphatic carbocycles. The van der Waals surface area contributed by atoms with Crippen molar-refractivity contribution in [3.8, 4) is 28.7 Å². The molecule has 4 bridgehead atoms. The number of likely N-dealkylation sites (N-methyl/N-ethyl adjacent to an activating group) is 1. The Morgan fingerprint density at radius 1 is 1.11 bits per heavy atom. The quantitative estimate of drug-likeness (QED) is 0.163. The number of aryl methyl sites for hydroxylation is 1. The lowest BCUT2D eigenvalue weighted by Gasteiger charge is -2.61. The van der Waals surface area contributed by atoms with Gasteiger partial charge in [-0.1, -0.05) is 6.07 Å². The number of rotatable bonds is 2. The molecular weight excluding hydrogens is 756 g/mol. The van der Waals surface area contributed by atoms with Crippen molar-refractivity contribution in [2.75, 3.05) is 39.9 Å². The summed E-state index contributed by atoms with van der Waals surface area (Å²) < 4.78 is 45.5. The molecule has 4 aromatic rings. The van der Waals surface area contributed by atoms with Gasteiger partial charge >= 0.3 is 5.97 Å². The molecule has 0 radical (unpaired) electrons. The number of H-pyrrole nitrogens is 1. The maximum Gasteiger partial charge on any atom is 0.308 e. The Kier molecular flexibility index (Phi) is 8.46. The Balaban J connectivity index is 1.25. The van der Waals surface area contributed by atoms with E-state index in [2.05, 4.69) is 20.1 Å². The second-order valence-electron chi connectivity index (χ2n) is 16.3. The molecule has 0 amide bonds. The van der Waals surface area contributed by atoms with E-state index >= 15 is 0 Å². The number of phenols is 1. The highest BCUT2D eigenvalue weighted by atomic mass is 32.2. The Morgan fingerprint density at radius 3 is 2.67 bits per heavy atom. The Morgan fingerprint density at radius 2 is 1.89 bits per heavy atom. The van der Waals surface area contributed by atoms with E-state index in [0.717, 1.165) is 27.6 Å². The lowest BCUT2D eigenvalue weighted by molar-refractivity contribution is -0.181. The van der Waals surface area contributed by atoms with Crippen molar-refractivity contribution in [2.45, 2.75) is 87.8 Å². The smallest absolute Gasteiger partial charge is 0.308 e. The van der Waals surface area contributed by atoms with Crippen LogP contribution in [0.4, 0.5) is 4.39 Å². The van der Waals surface area contributed by atoms with Crippen LogP contribution in [-0.4, -0.2) is 101 Å². The van der Waals surface area contributed by atoms with E-state index in [4.69, 9.17) is 23.7 Å². The van der Waals surface area contributed by atoms with Crippen molar-refractivity contribution in [3.05, 3.63) is 74.7 Å². The van der Waals surface area contributed by atoms with Gasteiger partial charge in [0.15, 0.2) is 28.8 Å². The predicted octanol–water partition coefficient (Wildman–Crippen LogP) is 4.75. The van der Waals surface area contributed by atoms with Gasteiger partial charge in [0.1, 0.15) is 29.9 Å². The maximum atomic E-state index is 14.9. The van der Waals surface area contributed by atoms with Gasteiger partial charge in [0, 0.05) is 63.6 Å². The lowest BCUT2D eigenvalue weighted by Crippen LogP contribution is -2.69. The number of fused-ring (bicyclic) bond motifs is 12. The summed E-state index contributed by atoms with van der Waals surface area (Å²) in [6, 6.07) is 4.34. The summed E-state index contributed by atoms with van der Waals surface area (Å²) >= 11 is 1.51. The zero-order valence-corrected chi connectivity index (χ0v) is 33.3. The van der Waals surface area contributed by atoms with E-state index in [1.165, 1.54) is 37.9 Å². The summed E-state index contributed by atoms with van der Waals surface area (Å²) in [6.45, 7) is 6.76. The van der Waals surface area contributed by atoms with Gasteiger partial charge in [0.25, 0.3) is 0 Å². The number of phenolic OH excluding ortho intramolecular Hbond substituents is 1. The predicted molar refractivity (Wildman–Crippen MR) is 208 cm³/mol. The maximum absolute atomic E-state index is 14.9. The molecule has 57 heavy (non-hydrogen) atoms. The third kappa shape index (κ3) is 5.12. The molecule has 8 atom stereocenters. The summed E-state index contributed by atoms with van der Waals surface area (Å²) in [5.41, 5.74) is 5.29. The van der Waals surface area contributed by atoms with Crippen LogP contribution < -0.4 is 24.3 Å². The number of aliphatic hydroxyl groups excluding tert-OH is 1. The normalized spacial score (nSPS) is 30.4. The number of carbonyl (C=O) groups excluding carboxylic acids is 2. The topological polar surface area (TPSA) is 155 Å². The molecule has 13 nitrogen and oxygen atoms in total. The molecule has 2 fully saturated rings. The highest BCUT2D eigenvalue weighted by molar-refractivity contribution is 7.99. The largest absolute Gasteiger partial charge is 0.504 e. The number of ketones is 1. The van der Waals surface area contributed by atoms with Gasteiger partial charge in [-0.2, -0.15) is 0 Å². The number of aromatic hydroxyl groups is 1. The number of Topliss-reactive ketones (excluding diaryl/α,β-unsaturated/α-hetero) is 1. The molecule has 1 aromatic heterocycles. The number of ether oxygens (including phenoxy) is 5. The first kappa shape index (κ1) is 36.9. The number of hydrogen-bond acceptors (Lipinski definition) is 13. The molecule has 8 heterocycles. The molecule has 7 aliphatic rings. The van der Waals surface area contributed by atoms with Gasteiger partial charge in [0.2, 0.25) is 6.79 Å². The summed E-state index contributed by atoms with van der Waals surface area (Å²) in [7, 11) is 3.51. The van der Waals surface area contributed by atoms with E-state index in [-0.39, 0.29) is 55.2 Å². The summed E-state index contributed by atoms with van der Waals surface area (Å²) in [4.78, 5) is 35.7. The summed E-state index contributed by atoms with van der Waals surface area (Å²) in [5, 5.41) is 28.6. The first-order valence-electron chi connectivity index (χ1n) is 19.4. The average Bonchev–Trinajstić information content (AvgIpc) is 3.79. The molecule has 3 aromatic carbocycles. The first-order valence-corrected chi connectivity index (χ1v) is 20.4. The van der Waals surface area contributed by atoms with Crippen LogP contribution in [0.1, 0.15) is 75.8 Å². The van der Waals surface area contributed by atoms with Crippen molar-refractivity contribution in [2.24, 2.45) is 0 Å². The van der Waals surface area contributed by atoms with E-state index in [1.807, 2.05) is 33.9 Å². The van der Waals surface area contributed by atoms with Crippen molar-refractivity contribution in [3.63, 3.8) is 0 Å². The molecule has 4 N–H and O–H groups in total. The van der Waals surface area contributed by atoms with Crippen LogP contribution in [0, 0.1) is 19.7 Å². The van der Waals surface area contributed by atoms with Crippen LogP contribution in [0.15, 0.2) is 24.3 Å². The second-order valence-corrected chi connectivity index (χ2v) is 17.5. The van der Waals surface area contributed by atoms with Gasteiger partial charge in [0.05, 0.1) is 37.1 Å². The van der Waals surface area contributed by atoms with Crippen molar-refractivity contribution < 1.29 is 47.9 Å². The molecular formula is C42H45FN4O9S. The van der Waals surface area contributed by atoms with E-state index in [1.54, 1.807) is 6.07 Å². The summed E-state index contributed by atoms with van der Waals surface area (Å²) in [6.07, 6.45) is 0.00535. The monoisotopic (exact) mass is 800 g/mol. The van der Waals surface area contributed by atoms with E-state index < -0.39 is 41.1 Å². The van der Waals surface area contributed by atoms with E-state index in [9.17, 15) is 24.2 Å².